The summed E-state index contributed by atoms with van der Waals surface area (Å²) in [5, 5.41) is 0. The van der Waals surface area contributed by atoms with E-state index in [1.165, 1.54) is 0 Å². The Bertz CT molecular complexity index is 593. The summed E-state index contributed by atoms with van der Waals surface area (Å²) >= 11 is 0. The number of alkyl halides is 6. The van der Waals surface area contributed by atoms with Crippen LogP contribution in [0.5, 0.6) is 0 Å². The third-order valence-electron chi connectivity index (χ3n) is 2.17. The number of rotatable bonds is 0. The Kier molecular flexibility index (Phi) is 2.53. The van der Waals surface area contributed by atoms with E-state index in [1.54, 1.807) is 4.98 Å². The average Bonchev–Trinajstić information content (AvgIpc) is 2.59. The molecule has 0 radical (unpaired) electrons. The number of aromatic nitrogens is 2. The standard InChI is InChI=1S/C9H3F7N2/c10-5-3(8(11,12)13)1-2-4-6(5)18-7(17-4)9(14,15)16/h1-2H,(H,17,18). The molecular formula is C9H3F7N2. The van der Waals surface area contributed by atoms with Gasteiger partial charge in [0.25, 0.3) is 0 Å². The van der Waals surface area contributed by atoms with E-state index in [1.807, 2.05) is 0 Å². The minimum atomic E-state index is -4.99. The van der Waals surface area contributed by atoms with Gasteiger partial charge in [0.15, 0.2) is 5.82 Å². The van der Waals surface area contributed by atoms with E-state index in [-0.39, 0.29) is 0 Å². The molecule has 9 heteroatoms. The zero-order valence-electron chi connectivity index (χ0n) is 8.25. The van der Waals surface area contributed by atoms with Crippen molar-refractivity contribution in [1.82, 2.24) is 9.97 Å². The Hall–Kier alpha value is -1.80. The first kappa shape index (κ1) is 12.7. The molecule has 98 valence electrons. The lowest BCUT2D eigenvalue weighted by atomic mass is 10.2. The van der Waals surface area contributed by atoms with Gasteiger partial charge in [-0.25, -0.2) is 9.37 Å². The Morgan fingerprint density at radius 3 is 2.06 bits per heavy atom. The average molecular weight is 272 g/mol. The number of halogens is 7. The number of H-pyrrole nitrogens is 1. The van der Waals surface area contributed by atoms with Gasteiger partial charge in [0.05, 0.1) is 11.1 Å². The normalized spacial score (nSPS) is 13.3. The molecule has 2 nitrogen and oxygen atoms in total. The first-order valence-electron chi connectivity index (χ1n) is 4.43. The Morgan fingerprint density at radius 2 is 1.56 bits per heavy atom. The fourth-order valence-electron chi connectivity index (χ4n) is 1.40. The van der Waals surface area contributed by atoms with E-state index in [2.05, 4.69) is 4.98 Å². The van der Waals surface area contributed by atoms with Gasteiger partial charge in [-0.15, -0.1) is 0 Å². The van der Waals surface area contributed by atoms with Crippen LogP contribution in [0, 0.1) is 5.82 Å². The number of nitrogens with one attached hydrogen (secondary N) is 1. The number of benzene rings is 1. The molecule has 2 rings (SSSR count). The largest absolute Gasteiger partial charge is 0.449 e. The summed E-state index contributed by atoms with van der Waals surface area (Å²) in [7, 11) is 0. The maximum atomic E-state index is 13.4. The van der Waals surface area contributed by atoms with Crippen LogP contribution in [0.2, 0.25) is 0 Å². The van der Waals surface area contributed by atoms with Crippen LogP contribution >= 0.6 is 0 Å². The van der Waals surface area contributed by atoms with Crippen molar-refractivity contribution in [1.29, 1.82) is 0 Å². The van der Waals surface area contributed by atoms with Crippen molar-refractivity contribution in [2.75, 3.05) is 0 Å². The molecule has 2 aromatic rings. The van der Waals surface area contributed by atoms with Gasteiger partial charge in [-0.05, 0) is 12.1 Å². The summed E-state index contributed by atoms with van der Waals surface area (Å²) in [6, 6.07) is 1.06. The monoisotopic (exact) mass is 272 g/mol. The van der Waals surface area contributed by atoms with Gasteiger partial charge >= 0.3 is 12.4 Å². The lowest BCUT2D eigenvalue weighted by Crippen LogP contribution is -2.08. The second-order valence-corrected chi connectivity index (χ2v) is 3.40. The van der Waals surface area contributed by atoms with Crippen molar-refractivity contribution in [3.63, 3.8) is 0 Å². The van der Waals surface area contributed by atoms with Crippen LogP contribution in [0.3, 0.4) is 0 Å². The Labute approximate surface area is 94.4 Å². The number of imidazole rings is 1. The van der Waals surface area contributed by atoms with Crippen LogP contribution in [0.25, 0.3) is 11.0 Å². The van der Waals surface area contributed by atoms with Gasteiger partial charge in [0.2, 0.25) is 5.82 Å². The molecule has 0 aliphatic carbocycles. The molecule has 0 saturated carbocycles. The molecule has 0 atom stereocenters. The predicted octanol–water partition coefficient (Wildman–Crippen LogP) is 3.74. The highest BCUT2D eigenvalue weighted by Crippen LogP contribution is 2.35. The molecule has 0 saturated heterocycles. The summed E-state index contributed by atoms with van der Waals surface area (Å²) in [4.78, 5) is 4.51. The van der Waals surface area contributed by atoms with Crippen LogP contribution < -0.4 is 0 Å². The molecule has 0 unspecified atom stereocenters. The Morgan fingerprint density at radius 1 is 0.944 bits per heavy atom. The molecule has 1 heterocycles. The second-order valence-electron chi connectivity index (χ2n) is 3.40. The summed E-state index contributed by atoms with van der Waals surface area (Å²) in [6.45, 7) is 0. The van der Waals surface area contributed by atoms with Gasteiger partial charge in [0.1, 0.15) is 5.52 Å². The van der Waals surface area contributed by atoms with E-state index in [9.17, 15) is 30.7 Å². The van der Waals surface area contributed by atoms with E-state index in [0.717, 1.165) is 0 Å². The molecule has 0 aliphatic heterocycles. The van der Waals surface area contributed by atoms with Crippen LogP contribution in [0.15, 0.2) is 12.1 Å². The smallest absolute Gasteiger partial charge is 0.334 e. The summed E-state index contributed by atoms with van der Waals surface area (Å²) in [6.07, 6.45) is -9.88. The van der Waals surface area contributed by atoms with Crippen LogP contribution in [-0.2, 0) is 12.4 Å². The highest BCUT2D eigenvalue weighted by molar-refractivity contribution is 5.77. The van der Waals surface area contributed by atoms with Crippen molar-refractivity contribution in [3.8, 4) is 0 Å². The number of aromatic amines is 1. The fraction of sp³-hybridized carbons (Fsp3) is 0.222. The third-order valence-corrected chi connectivity index (χ3v) is 2.17. The zero-order valence-corrected chi connectivity index (χ0v) is 8.25. The quantitative estimate of drug-likeness (QED) is 0.727. The molecule has 0 aliphatic rings. The lowest BCUT2D eigenvalue weighted by molar-refractivity contribution is -0.144. The molecule has 1 aromatic heterocycles. The minimum absolute atomic E-state index is 0.357. The van der Waals surface area contributed by atoms with Gasteiger partial charge < -0.3 is 4.98 Å². The first-order chi connectivity index (χ1) is 8.10. The predicted molar refractivity (Wildman–Crippen MR) is 46.1 cm³/mol. The van der Waals surface area contributed by atoms with Gasteiger partial charge in [-0.1, -0.05) is 0 Å². The van der Waals surface area contributed by atoms with E-state index in [4.69, 9.17) is 0 Å². The fourth-order valence-corrected chi connectivity index (χ4v) is 1.40. The molecule has 0 fully saturated rings. The van der Waals surface area contributed by atoms with Gasteiger partial charge in [-0.3, -0.25) is 0 Å². The SMILES string of the molecule is Fc1c(C(F)(F)F)ccc2[nH]c(C(F)(F)F)nc12. The van der Waals surface area contributed by atoms with Crippen molar-refractivity contribution >= 4 is 11.0 Å². The molecular weight excluding hydrogens is 269 g/mol. The number of hydrogen-bond acceptors (Lipinski definition) is 1. The van der Waals surface area contributed by atoms with Crippen LogP contribution in [0.1, 0.15) is 11.4 Å². The van der Waals surface area contributed by atoms with Gasteiger partial charge in [-0.2, -0.15) is 26.3 Å². The maximum absolute atomic E-state index is 13.4. The number of nitrogens with zero attached hydrogens (tertiary/aromatic N) is 1. The molecule has 0 bridgehead atoms. The Balaban J connectivity index is 2.69. The van der Waals surface area contributed by atoms with E-state index in [0.29, 0.717) is 12.1 Å². The van der Waals surface area contributed by atoms with E-state index >= 15 is 0 Å². The van der Waals surface area contributed by atoms with Gasteiger partial charge in [0, 0.05) is 0 Å². The topological polar surface area (TPSA) is 28.7 Å². The number of fused-ring (bicyclic) bond motifs is 1. The molecule has 18 heavy (non-hydrogen) atoms. The van der Waals surface area contributed by atoms with Crippen molar-refractivity contribution in [2.24, 2.45) is 0 Å². The van der Waals surface area contributed by atoms with Crippen molar-refractivity contribution in [3.05, 3.63) is 29.3 Å². The minimum Gasteiger partial charge on any atom is -0.334 e. The summed E-state index contributed by atoms with van der Waals surface area (Å²) in [5.41, 5.74) is -3.10. The highest BCUT2D eigenvalue weighted by atomic mass is 19.4. The summed E-state index contributed by atoms with van der Waals surface area (Å²) in [5.74, 6) is -3.37. The highest BCUT2D eigenvalue weighted by Gasteiger charge is 2.38. The van der Waals surface area contributed by atoms with Crippen molar-refractivity contribution in [2.45, 2.75) is 12.4 Å². The molecule has 0 amide bonds. The zero-order chi connectivity index (χ0) is 13.7. The van der Waals surface area contributed by atoms with E-state index < -0.39 is 40.6 Å². The molecule has 1 N–H and O–H groups in total. The first-order valence-corrected chi connectivity index (χ1v) is 4.43. The number of hydrogen-bond donors (Lipinski definition) is 1. The third kappa shape index (κ3) is 2.00. The summed E-state index contributed by atoms with van der Waals surface area (Å²) < 4.78 is 87.1. The van der Waals surface area contributed by atoms with Crippen LogP contribution in [0.4, 0.5) is 30.7 Å². The maximum Gasteiger partial charge on any atom is 0.449 e. The van der Waals surface area contributed by atoms with Crippen LogP contribution in [-0.4, -0.2) is 9.97 Å². The molecule has 1 aromatic carbocycles. The second kappa shape index (κ2) is 3.59. The lowest BCUT2D eigenvalue weighted by Gasteiger charge is -2.07. The van der Waals surface area contributed by atoms with Crippen molar-refractivity contribution < 1.29 is 30.7 Å². The molecule has 0 spiro atoms.